The maximum absolute atomic E-state index is 14.2. The molecule has 0 saturated heterocycles. The van der Waals surface area contributed by atoms with Gasteiger partial charge in [-0.25, -0.2) is 4.39 Å². The van der Waals surface area contributed by atoms with Gasteiger partial charge in [0, 0.05) is 11.6 Å². The molecule has 156 valence electrons. The van der Waals surface area contributed by atoms with E-state index in [1.807, 2.05) is 6.07 Å². The van der Waals surface area contributed by atoms with Crippen LogP contribution in [0, 0.1) is 23.1 Å². The second-order valence-electron chi connectivity index (χ2n) is 7.41. The van der Waals surface area contributed by atoms with Crippen molar-refractivity contribution in [3.05, 3.63) is 53.8 Å². The smallest absolute Gasteiger partial charge is 0.265 e. The van der Waals surface area contributed by atoms with E-state index in [4.69, 9.17) is 10.00 Å². The van der Waals surface area contributed by atoms with Gasteiger partial charge in [-0.1, -0.05) is 25.3 Å². The molecule has 1 aliphatic carbocycles. The number of halogens is 1. The van der Waals surface area contributed by atoms with Gasteiger partial charge < -0.3 is 15.4 Å². The van der Waals surface area contributed by atoms with Gasteiger partial charge in [0.15, 0.2) is 6.10 Å². The van der Waals surface area contributed by atoms with Crippen LogP contribution in [-0.2, 0) is 9.59 Å². The van der Waals surface area contributed by atoms with Crippen molar-refractivity contribution >= 4 is 23.2 Å². The van der Waals surface area contributed by atoms with E-state index in [0.717, 1.165) is 32.1 Å². The molecule has 2 N–H and O–H groups in total. The first-order chi connectivity index (χ1) is 14.5. The van der Waals surface area contributed by atoms with Crippen LogP contribution in [0.2, 0.25) is 0 Å². The van der Waals surface area contributed by atoms with Gasteiger partial charge in [0.2, 0.25) is 5.91 Å². The molecule has 6 nitrogen and oxygen atoms in total. The van der Waals surface area contributed by atoms with Gasteiger partial charge in [0.05, 0.1) is 17.3 Å². The molecule has 30 heavy (non-hydrogen) atoms. The van der Waals surface area contributed by atoms with Gasteiger partial charge in [0.1, 0.15) is 11.6 Å². The van der Waals surface area contributed by atoms with Crippen LogP contribution in [0.1, 0.15) is 44.6 Å². The lowest BCUT2D eigenvalue weighted by atomic mass is 9.88. The highest BCUT2D eigenvalue weighted by Crippen LogP contribution is 2.26. The van der Waals surface area contributed by atoms with Crippen LogP contribution in [0.25, 0.3) is 0 Å². The van der Waals surface area contributed by atoms with E-state index in [0.29, 0.717) is 17.0 Å². The average molecular weight is 409 g/mol. The summed E-state index contributed by atoms with van der Waals surface area (Å²) in [4.78, 5) is 24.9. The van der Waals surface area contributed by atoms with Crippen LogP contribution < -0.4 is 15.4 Å². The number of nitriles is 1. The number of ether oxygens (including phenoxy) is 1. The normalized spacial score (nSPS) is 15.0. The highest BCUT2D eigenvalue weighted by molar-refractivity contribution is 5.96. The number of nitrogens with one attached hydrogen (secondary N) is 2. The summed E-state index contributed by atoms with van der Waals surface area (Å²) < 4.78 is 19.8. The van der Waals surface area contributed by atoms with Crippen molar-refractivity contribution in [1.82, 2.24) is 0 Å². The van der Waals surface area contributed by atoms with Crippen LogP contribution in [0.4, 0.5) is 15.8 Å². The second-order valence-corrected chi connectivity index (χ2v) is 7.41. The Labute approximate surface area is 175 Å². The van der Waals surface area contributed by atoms with Crippen LogP contribution in [0.15, 0.2) is 42.5 Å². The Bertz CT molecular complexity index is 964. The van der Waals surface area contributed by atoms with E-state index < -0.39 is 17.8 Å². The van der Waals surface area contributed by atoms with Gasteiger partial charge in [-0.15, -0.1) is 0 Å². The van der Waals surface area contributed by atoms with Gasteiger partial charge in [-0.05, 0) is 56.2 Å². The van der Waals surface area contributed by atoms with E-state index in [1.54, 1.807) is 31.2 Å². The molecule has 0 bridgehead atoms. The lowest BCUT2D eigenvalue weighted by Crippen LogP contribution is -2.30. The van der Waals surface area contributed by atoms with Gasteiger partial charge in [-0.3, -0.25) is 9.59 Å². The predicted molar refractivity (Wildman–Crippen MR) is 111 cm³/mol. The molecule has 2 aromatic carbocycles. The number of nitrogens with zero attached hydrogens (tertiary/aromatic N) is 1. The van der Waals surface area contributed by atoms with Crippen LogP contribution in [0.3, 0.4) is 0 Å². The van der Waals surface area contributed by atoms with E-state index in [2.05, 4.69) is 10.6 Å². The van der Waals surface area contributed by atoms with Crippen molar-refractivity contribution in [3.63, 3.8) is 0 Å². The lowest BCUT2D eigenvalue weighted by Gasteiger charge is -2.21. The number of rotatable bonds is 6. The molecule has 2 amide bonds. The topological polar surface area (TPSA) is 91.2 Å². The molecule has 2 aromatic rings. The molecule has 1 unspecified atom stereocenters. The summed E-state index contributed by atoms with van der Waals surface area (Å²) >= 11 is 0. The number of amides is 2. The quantitative estimate of drug-likeness (QED) is 0.728. The summed E-state index contributed by atoms with van der Waals surface area (Å²) in [5.74, 6) is -0.889. The highest BCUT2D eigenvalue weighted by Gasteiger charge is 2.22. The molecule has 3 rings (SSSR count). The first-order valence-electron chi connectivity index (χ1n) is 10.0. The second kappa shape index (κ2) is 9.88. The molecule has 0 spiro atoms. The molecule has 7 heteroatoms. The minimum Gasteiger partial charge on any atom is -0.481 e. The van der Waals surface area contributed by atoms with Gasteiger partial charge in [-0.2, -0.15) is 5.26 Å². The first-order valence-corrected chi connectivity index (χ1v) is 10.0. The van der Waals surface area contributed by atoms with E-state index in [1.165, 1.54) is 18.2 Å². The zero-order valence-corrected chi connectivity index (χ0v) is 16.8. The average Bonchev–Trinajstić information content (AvgIpc) is 2.76. The maximum Gasteiger partial charge on any atom is 0.265 e. The molecule has 0 radical (unpaired) electrons. The van der Waals surface area contributed by atoms with E-state index >= 15 is 0 Å². The molecule has 1 fully saturated rings. The zero-order chi connectivity index (χ0) is 21.5. The fraction of sp³-hybridized carbons (Fsp3) is 0.348. The summed E-state index contributed by atoms with van der Waals surface area (Å²) in [5, 5.41) is 14.3. The molecule has 0 heterocycles. The Morgan fingerprint density at radius 2 is 1.90 bits per heavy atom. The van der Waals surface area contributed by atoms with Crippen LogP contribution >= 0.6 is 0 Å². The van der Waals surface area contributed by atoms with Crippen LogP contribution in [-0.4, -0.2) is 17.9 Å². The third-order valence-corrected chi connectivity index (χ3v) is 5.11. The third kappa shape index (κ3) is 5.57. The largest absolute Gasteiger partial charge is 0.481 e. The van der Waals surface area contributed by atoms with Crippen molar-refractivity contribution in [3.8, 4) is 11.8 Å². The maximum atomic E-state index is 14.2. The van der Waals surface area contributed by atoms with Crippen LogP contribution in [0.5, 0.6) is 5.75 Å². The van der Waals surface area contributed by atoms with Gasteiger partial charge >= 0.3 is 0 Å². The highest BCUT2D eigenvalue weighted by atomic mass is 19.1. The minimum absolute atomic E-state index is 0.0404. The number of carbonyl (C=O) groups is 2. The summed E-state index contributed by atoms with van der Waals surface area (Å²) in [6.45, 7) is 1.57. The fourth-order valence-corrected chi connectivity index (χ4v) is 3.44. The van der Waals surface area contributed by atoms with E-state index in [-0.39, 0.29) is 17.5 Å². The summed E-state index contributed by atoms with van der Waals surface area (Å²) in [7, 11) is 0. The number of anilines is 2. The Morgan fingerprint density at radius 1 is 1.13 bits per heavy atom. The molecular formula is C23H24FN3O3. The Balaban J connectivity index is 1.62. The summed E-state index contributed by atoms with van der Waals surface area (Å²) in [5.41, 5.74) is 0.817. The number of hydrogen-bond acceptors (Lipinski definition) is 4. The molecule has 1 saturated carbocycles. The number of benzene rings is 2. The van der Waals surface area contributed by atoms with Crippen molar-refractivity contribution in [2.75, 3.05) is 10.6 Å². The van der Waals surface area contributed by atoms with Crippen molar-refractivity contribution in [2.45, 2.75) is 45.1 Å². The molecule has 0 aliphatic heterocycles. The molecule has 0 aromatic heterocycles. The zero-order valence-electron chi connectivity index (χ0n) is 16.8. The van der Waals surface area contributed by atoms with Gasteiger partial charge in [0.25, 0.3) is 5.91 Å². The minimum atomic E-state index is -0.843. The molecular weight excluding hydrogens is 385 g/mol. The third-order valence-electron chi connectivity index (χ3n) is 5.11. The predicted octanol–water partition coefficient (Wildman–Crippen LogP) is 4.62. The fourth-order valence-electron chi connectivity index (χ4n) is 3.44. The number of hydrogen-bond donors (Lipinski definition) is 2. The Morgan fingerprint density at radius 3 is 2.63 bits per heavy atom. The Kier molecular flexibility index (Phi) is 7.02. The monoisotopic (exact) mass is 409 g/mol. The van der Waals surface area contributed by atoms with Crippen molar-refractivity contribution in [2.24, 2.45) is 5.92 Å². The first kappa shape index (κ1) is 21.3. The lowest BCUT2D eigenvalue weighted by molar-refractivity contribution is -0.122. The van der Waals surface area contributed by atoms with Crippen molar-refractivity contribution < 1.29 is 18.7 Å². The summed E-state index contributed by atoms with van der Waals surface area (Å²) in [6.07, 6.45) is 3.92. The SMILES string of the molecule is CC(Oc1cccc(C#N)c1)C(=O)Nc1ccc(F)c(NC(=O)C2CCCCC2)c1. The Hall–Kier alpha value is -3.40. The molecule has 1 aliphatic rings. The summed E-state index contributed by atoms with van der Waals surface area (Å²) in [6, 6.07) is 12.5. The number of carbonyl (C=O) groups excluding carboxylic acids is 2. The van der Waals surface area contributed by atoms with E-state index in [9.17, 15) is 14.0 Å². The van der Waals surface area contributed by atoms with Crippen molar-refractivity contribution in [1.29, 1.82) is 5.26 Å². The molecule has 1 atom stereocenters. The standard InChI is InChI=1S/C23H24FN3O3/c1-15(30-19-9-5-6-16(12-19)14-25)22(28)26-18-10-11-20(24)21(13-18)27-23(29)17-7-3-2-4-8-17/h5-6,9-13,15,17H,2-4,7-8H2,1H3,(H,26,28)(H,27,29).